The van der Waals surface area contributed by atoms with E-state index in [9.17, 15) is 4.79 Å². The van der Waals surface area contributed by atoms with Gasteiger partial charge in [-0.3, -0.25) is 9.69 Å². The maximum Gasteiger partial charge on any atom is 0.255 e. The minimum absolute atomic E-state index is 0.115. The highest BCUT2D eigenvalue weighted by Crippen LogP contribution is 2.20. The molecule has 0 fully saturated rings. The van der Waals surface area contributed by atoms with Crippen molar-refractivity contribution in [2.24, 2.45) is 5.92 Å². The van der Waals surface area contributed by atoms with Gasteiger partial charge in [0, 0.05) is 37.3 Å². The lowest BCUT2D eigenvalue weighted by Crippen LogP contribution is -2.37. The van der Waals surface area contributed by atoms with Crippen molar-refractivity contribution in [1.82, 2.24) is 9.47 Å². The molecular weight excluding hydrogens is 272 g/mol. The van der Waals surface area contributed by atoms with Gasteiger partial charge in [-0.05, 0) is 30.5 Å². The predicted molar refractivity (Wildman–Crippen MR) is 84.4 cm³/mol. The quantitative estimate of drug-likeness (QED) is 0.781. The van der Waals surface area contributed by atoms with Gasteiger partial charge in [0.2, 0.25) is 0 Å². The average Bonchev–Trinajstić information content (AvgIpc) is 2.44. The van der Waals surface area contributed by atoms with Gasteiger partial charge in [0.25, 0.3) is 5.56 Å². The first-order valence-electron chi connectivity index (χ1n) is 7.59. The lowest BCUT2D eigenvalue weighted by molar-refractivity contribution is 0.260. The maximum atomic E-state index is 12.5. The first-order valence-corrected chi connectivity index (χ1v) is 8.13. The molecule has 0 bridgehead atoms. The summed E-state index contributed by atoms with van der Waals surface area (Å²) in [6, 6.07) is 2.03. The molecule has 0 spiro atoms. The number of alkyl halides is 1. The number of hydrogen-bond donors (Lipinski definition) is 0. The summed E-state index contributed by atoms with van der Waals surface area (Å²) in [5, 5.41) is 0. The monoisotopic (exact) mass is 296 g/mol. The van der Waals surface area contributed by atoms with Gasteiger partial charge < -0.3 is 4.57 Å². The number of nitrogens with zero attached hydrogens (tertiary/aromatic N) is 2. The number of hydrogen-bond acceptors (Lipinski definition) is 2. The standard InChI is InChI=1S/C16H25ClN2O/c1-4-18-7-6-15-14(11-18)9-13(10-17)16(20)19(15)8-5-12(2)3/h9,12H,4-8,10-11H2,1-3H3. The van der Waals surface area contributed by atoms with Crippen LogP contribution in [0.25, 0.3) is 0 Å². The lowest BCUT2D eigenvalue weighted by Gasteiger charge is -2.30. The molecule has 1 aliphatic rings. The normalized spacial score (nSPS) is 15.7. The van der Waals surface area contributed by atoms with E-state index in [2.05, 4.69) is 25.7 Å². The third kappa shape index (κ3) is 3.26. The van der Waals surface area contributed by atoms with Crippen LogP contribution in [-0.2, 0) is 25.4 Å². The van der Waals surface area contributed by atoms with Gasteiger partial charge in [-0.2, -0.15) is 0 Å². The molecule has 0 aliphatic carbocycles. The van der Waals surface area contributed by atoms with Crippen LogP contribution in [-0.4, -0.2) is 22.6 Å². The van der Waals surface area contributed by atoms with Gasteiger partial charge in [-0.25, -0.2) is 0 Å². The number of likely N-dealkylation sites (N-methyl/N-ethyl adjacent to an activating group) is 1. The van der Waals surface area contributed by atoms with E-state index in [1.807, 2.05) is 10.6 Å². The second kappa shape index (κ2) is 6.77. The van der Waals surface area contributed by atoms with Crippen LogP contribution < -0.4 is 5.56 Å². The van der Waals surface area contributed by atoms with E-state index >= 15 is 0 Å². The second-order valence-corrected chi connectivity index (χ2v) is 6.30. The first-order chi connectivity index (χ1) is 9.56. The van der Waals surface area contributed by atoms with Crippen molar-refractivity contribution in [2.45, 2.75) is 52.6 Å². The minimum Gasteiger partial charge on any atom is -0.312 e. The Balaban J connectivity index is 2.41. The van der Waals surface area contributed by atoms with Crippen LogP contribution in [0.3, 0.4) is 0 Å². The number of fused-ring (bicyclic) bond motifs is 1. The van der Waals surface area contributed by atoms with Gasteiger partial charge in [0.1, 0.15) is 0 Å². The summed E-state index contributed by atoms with van der Waals surface area (Å²) >= 11 is 5.95. The molecule has 1 aliphatic heterocycles. The van der Waals surface area contributed by atoms with Crippen LogP contribution in [0.4, 0.5) is 0 Å². The van der Waals surface area contributed by atoms with Crippen molar-refractivity contribution in [2.75, 3.05) is 13.1 Å². The van der Waals surface area contributed by atoms with Crippen LogP contribution in [0, 0.1) is 5.92 Å². The van der Waals surface area contributed by atoms with Gasteiger partial charge >= 0.3 is 0 Å². The van der Waals surface area contributed by atoms with Crippen molar-refractivity contribution in [1.29, 1.82) is 0 Å². The van der Waals surface area contributed by atoms with E-state index in [1.165, 1.54) is 11.3 Å². The number of aromatic nitrogens is 1. The molecule has 4 heteroatoms. The fraction of sp³-hybridized carbons (Fsp3) is 0.688. The van der Waals surface area contributed by atoms with Crippen LogP contribution in [0.15, 0.2) is 10.9 Å². The average molecular weight is 297 g/mol. The lowest BCUT2D eigenvalue weighted by atomic mass is 10.0. The largest absolute Gasteiger partial charge is 0.312 e. The van der Waals surface area contributed by atoms with E-state index in [0.717, 1.165) is 44.6 Å². The SMILES string of the molecule is CCN1CCc2c(cc(CCl)c(=O)n2CCC(C)C)C1. The van der Waals surface area contributed by atoms with E-state index in [-0.39, 0.29) is 5.56 Å². The highest BCUT2D eigenvalue weighted by Gasteiger charge is 2.20. The van der Waals surface area contributed by atoms with E-state index < -0.39 is 0 Å². The molecule has 0 amide bonds. The van der Waals surface area contributed by atoms with Gasteiger partial charge in [0.05, 0.1) is 5.88 Å². The van der Waals surface area contributed by atoms with E-state index in [0.29, 0.717) is 11.8 Å². The smallest absolute Gasteiger partial charge is 0.255 e. The van der Waals surface area contributed by atoms with Crippen molar-refractivity contribution in [3.8, 4) is 0 Å². The first kappa shape index (κ1) is 15.6. The molecular formula is C16H25ClN2O. The summed E-state index contributed by atoms with van der Waals surface area (Å²) in [5.74, 6) is 0.910. The third-order valence-corrected chi connectivity index (χ3v) is 4.43. The van der Waals surface area contributed by atoms with Crippen LogP contribution in [0.1, 0.15) is 44.0 Å². The summed E-state index contributed by atoms with van der Waals surface area (Å²) in [5.41, 5.74) is 3.38. The molecule has 1 aromatic heterocycles. The fourth-order valence-corrected chi connectivity index (χ4v) is 3.02. The Morgan fingerprint density at radius 2 is 2.15 bits per heavy atom. The highest BCUT2D eigenvalue weighted by molar-refractivity contribution is 6.17. The molecule has 3 nitrogen and oxygen atoms in total. The van der Waals surface area contributed by atoms with E-state index in [1.54, 1.807) is 0 Å². The Morgan fingerprint density at radius 1 is 1.40 bits per heavy atom. The topological polar surface area (TPSA) is 25.2 Å². The van der Waals surface area contributed by atoms with Crippen molar-refractivity contribution < 1.29 is 0 Å². The summed E-state index contributed by atoms with van der Waals surface area (Å²) in [6.07, 6.45) is 2.01. The zero-order chi connectivity index (χ0) is 14.7. The Kier molecular flexibility index (Phi) is 5.28. The fourth-order valence-electron chi connectivity index (χ4n) is 2.83. The van der Waals surface area contributed by atoms with Gasteiger partial charge in [0.15, 0.2) is 0 Å². The summed E-state index contributed by atoms with van der Waals surface area (Å²) in [7, 11) is 0. The Hall–Kier alpha value is -0.800. The zero-order valence-corrected chi connectivity index (χ0v) is 13.5. The minimum atomic E-state index is 0.115. The molecule has 112 valence electrons. The summed E-state index contributed by atoms with van der Waals surface area (Å²) in [4.78, 5) is 14.9. The van der Waals surface area contributed by atoms with Crippen molar-refractivity contribution in [3.63, 3.8) is 0 Å². The summed E-state index contributed by atoms with van der Waals surface area (Å²) < 4.78 is 1.99. The highest BCUT2D eigenvalue weighted by atomic mass is 35.5. The number of pyridine rings is 1. The van der Waals surface area contributed by atoms with Crippen molar-refractivity contribution in [3.05, 3.63) is 33.2 Å². The molecule has 0 unspecified atom stereocenters. The van der Waals surface area contributed by atoms with Crippen LogP contribution >= 0.6 is 11.6 Å². The number of rotatable bonds is 5. The molecule has 0 aromatic carbocycles. The molecule has 1 aromatic rings. The Bertz CT molecular complexity index is 522. The second-order valence-electron chi connectivity index (χ2n) is 6.03. The van der Waals surface area contributed by atoms with Gasteiger partial charge in [-0.15, -0.1) is 11.6 Å². The molecule has 0 saturated carbocycles. The molecule has 0 atom stereocenters. The maximum absolute atomic E-state index is 12.5. The molecule has 2 heterocycles. The third-order valence-electron chi connectivity index (χ3n) is 4.14. The van der Waals surface area contributed by atoms with Crippen LogP contribution in [0.5, 0.6) is 0 Å². The van der Waals surface area contributed by atoms with Gasteiger partial charge in [-0.1, -0.05) is 20.8 Å². The molecule has 0 N–H and O–H groups in total. The molecule has 20 heavy (non-hydrogen) atoms. The number of halogens is 1. The Morgan fingerprint density at radius 3 is 2.75 bits per heavy atom. The predicted octanol–water partition coefficient (Wildman–Crippen LogP) is 3.01. The Labute approximate surface area is 126 Å². The molecule has 2 rings (SSSR count). The summed E-state index contributed by atoms with van der Waals surface area (Å²) in [6.45, 7) is 10.4. The molecule has 0 saturated heterocycles. The molecule has 0 radical (unpaired) electrons. The zero-order valence-electron chi connectivity index (χ0n) is 12.8. The van der Waals surface area contributed by atoms with Crippen LogP contribution in [0.2, 0.25) is 0 Å². The van der Waals surface area contributed by atoms with E-state index in [4.69, 9.17) is 11.6 Å². The van der Waals surface area contributed by atoms with Crippen molar-refractivity contribution >= 4 is 11.6 Å².